The fraction of sp³-hybridized carbons (Fsp3) is 0.375. The van der Waals surface area contributed by atoms with Gasteiger partial charge in [-0.2, -0.15) is 0 Å². The van der Waals surface area contributed by atoms with Crippen molar-refractivity contribution in [1.29, 1.82) is 0 Å². The third-order valence-corrected chi connectivity index (χ3v) is 1.56. The van der Waals surface area contributed by atoms with Crippen molar-refractivity contribution >= 4 is 0 Å². The van der Waals surface area contributed by atoms with Gasteiger partial charge < -0.3 is 15.6 Å². The number of aromatic nitrogens is 1. The molecule has 1 heterocycles. The average Bonchev–Trinajstić information content (AvgIpc) is 2.16. The molecule has 0 spiro atoms. The lowest BCUT2D eigenvalue weighted by Crippen LogP contribution is -2.13. The molecule has 0 amide bonds. The SMILES string of the molecule is COc1cccnc1C(O)CN. The van der Waals surface area contributed by atoms with Crippen molar-refractivity contribution in [2.24, 2.45) is 5.73 Å². The molecule has 0 saturated carbocycles. The molecule has 3 N–H and O–H groups in total. The Hall–Kier alpha value is -1.13. The molecule has 0 fully saturated rings. The van der Waals surface area contributed by atoms with Gasteiger partial charge >= 0.3 is 0 Å². The van der Waals surface area contributed by atoms with Crippen molar-refractivity contribution < 1.29 is 9.84 Å². The van der Waals surface area contributed by atoms with E-state index in [0.29, 0.717) is 11.4 Å². The van der Waals surface area contributed by atoms with Crippen LogP contribution in [-0.2, 0) is 0 Å². The summed E-state index contributed by atoms with van der Waals surface area (Å²) in [6.45, 7) is 0.146. The van der Waals surface area contributed by atoms with E-state index in [9.17, 15) is 5.11 Å². The molecule has 0 aliphatic rings. The van der Waals surface area contributed by atoms with Crippen LogP contribution < -0.4 is 10.5 Å². The number of methoxy groups -OCH3 is 1. The van der Waals surface area contributed by atoms with Gasteiger partial charge in [-0.15, -0.1) is 0 Å². The Bertz CT molecular complexity index is 253. The highest BCUT2D eigenvalue weighted by molar-refractivity contribution is 5.28. The van der Waals surface area contributed by atoms with Crippen molar-refractivity contribution in [2.45, 2.75) is 6.10 Å². The minimum atomic E-state index is -0.749. The summed E-state index contributed by atoms with van der Waals surface area (Å²) in [7, 11) is 1.53. The predicted molar refractivity (Wildman–Crippen MR) is 44.8 cm³/mol. The minimum Gasteiger partial charge on any atom is -0.495 e. The molecule has 0 aromatic carbocycles. The molecule has 1 unspecified atom stereocenters. The van der Waals surface area contributed by atoms with E-state index in [-0.39, 0.29) is 6.54 Å². The summed E-state index contributed by atoms with van der Waals surface area (Å²) >= 11 is 0. The van der Waals surface area contributed by atoms with Gasteiger partial charge in [0.15, 0.2) is 0 Å². The van der Waals surface area contributed by atoms with Gasteiger partial charge in [-0.1, -0.05) is 0 Å². The summed E-state index contributed by atoms with van der Waals surface area (Å²) in [5.74, 6) is 0.565. The fourth-order valence-corrected chi connectivity index (χ4v) is 0.937. The second-order valence-corrected chi connectivity index (χ2v) is 2.34. The van der Waals surface area contributed by atoms with Crippen LogP contribution in [0.5, 0.6) is 5.75 Å². The Kier molecular flexibility index (Phi) is 3.01. The van der Waals surface area contributed by atoms with Crippen LogP contribution in [0.25, 0.3) is 0 Å². The fourth-order valence-electron chi connectivity index (χ4n) is 0.937. The summed E-state index contributed by atoms with van der Waals surface area (Å²) in [5.41, 5.74) is 5.77. The maximum atomic E-state index is 9.37. The number of aliphatic hydroxyl groups is 1. The number of aliphatic hydroxyl groups excluding tert-OH is 1. The van der Waals surface area contributed by atoms with Crippen LogP contribution in [0.4, 0.5) is 0 Å². The maximum absolute atomic E-state index is 9.37. The lowest BCUT2D eigenvalue weighted by Gasteiger charge is -2.10. The standard InChI is InChI=1S/C8H12N2O2/c1-12-7-3-2-4-10-8(7)6(11)5-9/h2-4,6,11H,5,9H2,1H3. The molecule has 1 aromatic heterocycles. The smallest absolute Gasteiger partial charge is 0.143 e. The van der Waals surface area contributed by atoms with Gasteiger partial charge in [0.1, 0.15) is 17.5 Å². The Morgan fingerprint density at radius 1 is 1.75 bits per heavy atom. The molecule has 4 heteroatoms. The van der Waals surface area contributed by atoms with Crippen LogP contribution in [0.3, 0.4) is 0 Å². The molecule has 0 radical (unpaired) electrons. The number of pyridine rings is 1. The molecular formula is C8H12N2O2. The van der Waals surface area contributed by atoms with Crippen molar-refractivity contribution in [3.63, 3.8) is 0 Å². The molecule has 0 bridgehead atoms. The largest absolute Gasteiger partial charge is 0.495 e. The van der Waals surface area contributed by atoms with E-state index in [1.807, 2.05) is 0 Å². The molecule has 1 rings (SSSR count). The van der Waals surface area contributed by atoms with Crippen LogP contribution >= 0.6 is 0 Å². The molecule has 1 aromatic rings. The summed E-state index contributed by atoms with van der Waals surface area (Å²) in [5, 5.41) is 9.37. The monoisotopic (exact) mass is 168 g/mol. The van der Waals surface area contributed by atoms with Gasteiger partial charge in [-0.3, -0.25) is 4.98 Å². The van der Waals surface area contributed by atoms with Crippen molar-refractivity contribution in [2.75, 3.05) is 13.7 Å². The van der Waals surface area contributed by atoms with Crippen LogP contribution in [0, 0.1) is 0 Å². The predicted octanol–water partition coefficient (Wildman–Crippen LogP) is 0.0823. The Morgan fingerprint density at radius 3 is 3.08 bits per heavy atom. The Labute approximate surface area is 71.0 Å². The van der Waals surface area contributed by atoms with E-state index in [0.717, 1.165) is 0 Å². The van der Waals surface area contributed by atoms with E-state index >= 15 is 0 Å². The number of hydrogen-bond acceptors (Lipinski definition) is 4. The summed E-state index contributed by atoms with van der Waals surface area (Å²) in [4.78, 5) is 3.97. The summed E-state index contributed by atoms with van der Waals surface area (Å²) < 4.78 is 4.99. The van der Waals surface area contributed by atoms with Gasteiger partial charge in [0.05, 0.1) is 7.11 Å². The first kappa shape index (κ1) is 8.96. The van der Waals surface area contributed by atoms with Crippen LogP contribution in [0.2, 0.25) is 0 Å². The molecule has 4 nitrogen and oxygen atoms in total. The minimum absolute atomic E-state index is 0.146. The Morgan fingerprint density at radius 2 is 2.50 bits per heavy atom. The molecule has 1 atom stereocenters. The third kappa shape index (κ3) is 1.72. The molecular weight excluding hydrogens is 156 g/mol. The molecule has 12 heavy (non-hydrogen) atoms. The average molecular weight is 168 g/mol. The number of rotatable bonds is 3. The molecule has 0 aliphatic carbocycles. The van der Waals surface area contributed by atoms with Gasteiger partial charge in [0.2, 0.25) is 0 Å². The lowest BCUT2D eigenvalue weighted by atomic mass is 10.2. The lowest BCUT2D eigenvalue weighted by molar-refractivity contribution is 0.177. The van der Waals surface area contributed by atoms with Gasteiger partial charge in [-0.25, -0.2) is 0 Å². The van der Waals surface area contributed by atoms with Crippen molar-refractivity contribution in [3.8, 4) is 5.75 Å². The first-order valence-electron chi connectivity index (χ1n) is 3.66. The van der Waals surface area contributed by atoms with E-state index < -0.39 is 6.10 Å². The van der Waals surface area contributed by atoms with Crippen LogP contribution in [0.1, 0.15) is 11.8 Å². The zero-order valence-corrected chi connectivity index (χ0v) is 6.90. The second kappa shape index (κ2) is 4.04. The van der Waals surface area contributed by atoms with E-state index in [1.54, 1.807) is 18.3 Å². The van der Waals surface area contributed by atoms with Gasteiger partial charge in [0, 0.05) is 12.7 Å². The van der Waals surface area contributed by atoms with E-state index in [1.165, 1.54) is 7.11 Å². The number of ether oxygens (including phenoxy) is 1. The summed E-state index contributed by atoms with van der Waals surface area (Å²) in [6.07, 6.45) is 0.845. The number of nitrogens with two attached hydrogens (primary N) is 1. The molecule has 0 saturated heterocycles. The highest BCUT2D eigenvalue weighted by Crippen LogP contribution is 2.20. The van der Waals surface area contributed by atoms with E-state index in [2.05, 4.69) is 4.98 Å². The van der Waals surface area contributed by atoms with Crippen molar-refractivity contribution in [1.82, 2.24) is 4.98 Å². The second-order valence-electron chi connectivity index (χ2n) is 2.34. The van der Waals surface area contributed by atoms with Crippen LogP contribution in [0.15, 0.2) is 18.3 Å². The zero-order chi connectivity index (χ0) is 8.97. The summed E-state index contributed by atoms with van der Waals surface area (Å²) in [6, 6.07) is 3.48. The zero-order valence-electron chi connectivity index (χ0n) is 6.90. The van der Waals surface area contributed by atoms with Crippen LogP contribution in [-0.4, -0.2) is 23.7 Å². The third-order valence-electron chi connectivity index (χ3n) is 1.56. The normalized spacial score (nSPS) is 12.6. The molecule has 0 aliphatic heterocycles. The number of hydrogen-bond donors (Lipinski definition) is 2. The topological polar surface area (TPSA) is 68.4 Å². The van der Waals surface area contributed by atoms with E-state index in [4.69, 9.17) is 10.5 Å². The molecule has 66 valence electrons. The first-order valence-corrected chi connectivity index (χ1v) is 3.66. The number of nitrogens with zero attached hydrogens (tertiary/aromatic N) is 1. The maximum Gasteiger partial charge on any atom is 0.143 e. The van der Waals surface area contributed by atoms with Gasteiger partial charge in [0.25, 0.3) is 0 Å². The van der Waals surface area contributed by atoms with Gasteiger partial charge in [-0.05, 0) is 12.1 Å². The first-order chi connectivity index (χ1) is 5.79. The quantitative estimate of drug-likeness (QED) is 0.670. The van der Waals surface area contributed by atoms with Crippen molar-refractivity contribution in [3.05, 3.63) is 24.0 Å². The Balaban J connectivity index is 2.96. The highest BCUT2D eigenvalue weighted by Gasteiger charge is 2.11. The highest BCUT2D eigenvalue weighted by atomic mass is 16.5.